The molecule has 0 saturated carbocycles. The molecule has 0 spiro atoms. The molecule has 0 bridgehead atoms. The van der Waals surface area contributed by atoms with Gasteiger partial charge in [-0.25, -0.2) is 4.98 Å². The van der Waals surface area contributed by atoms with Crippen LogP contribution in [0.1, 0.15) is 23.2 Å². The molecular formula is C12H11Br2F3N2O. The third-order valence-electron chi connectivity index (χ3n) is 3.25. The first-order valence-electron chi connectivity index (χ1n) is 5.96. The van der Waals surface area contributed by atoms with Gasteiger partial charge in [0.1, 0.15) is 9.21 Å². The van der Waals surface area contributed by atoms with Crippen LogP contribution >= 0.6 is 31.9 Å². The number of alkyl halides is 3. The Morgan fingerprint density at radius 1 is 1.20 bits per heavy atom. The Hall–Kier alpha value is -0.630. The second-order valence-corrected chi connectivity index (χ2v) is 6.23. The highest BCUT2D eigenvalue weighted by Gasteiger charge is 2.41. The van der Waals surface area contributed by atoms with Crippen LogP contribution in [-0.4, -0.2) is 35.1 Å². The molecule has 2 heterocycles. The molecule has 1 aliphatic rings. The normalized spacial score (nSPS) is 17.4. The maximum absolute atomic E-state index is 12.6. The summed E-state index contributed by atoms with van der Waals surface area (Å²) in [6.07, 6.45) is -4.25. The molecule has 110 valence electrons. The number of carbonyl (C=O) groups is 1. The van der Waals surface area contributed by atoms with E-state index in [0.717, 1.165) is 0 Å². The van der Waals surface area contributed by atoms with E-state index in [1.165, 1.54) is 4.90 Å². The Morgan fingerprint density at radius 3 is 2.15 bits per heavy atom. The van der Waals surface area contributed by atoms with Gasteiger partial charge < -0.3 is 4.90 Å². The predicted molar refractivity (Wildman–Crippen MR) is 74.3 cm³/mol. The van der Waals surface area contributed by atoms with Crippen molar-refractivity contribution in [3.63, 3.8) is 0 Å². The molecule has 20 heavy (non-hydrogen) atoms. The van der Waals surface area contributed by atoms with Crippen LogP contribution in [0.3, 0.4) is 0 Å². The minimum Gasteiger partial charge on any atom is -0.339 e. The van der Waals surface area contributed by atoms with E-state index in [0.29, 0.717) is 14.8 Å². The number of hydrogen-bond donors (Lipinski definition) is 0. The lowest BCUT2D eigenvalue weighted by Gasteiger charge is -2.33. The van der Waals surface area contributed by atoms with Gasteiger partial charge in [0.15, 0.2) is 0 Å². The third-order valence-corrected chi connectivity index (χ3v) is 4.07. The number of aromatic nitrogens is 1. The Kier molecular flexibility index (Phi) is 4.73. The van der Waals surface area contributed by atoms with E-state index in [9.17, 15) is 18.0 Å². The molecule has 0 N–H and O–H groups in total. The summed E-state index contributed by atoms with van der Waals surface area (Å²) >= 11 is 6.36. The van der Waals surface area contributed by atoms with E-state index >= 15 is 0 Å². The fourth-order valence-corrected chi connectivity index (χ4v) is 3.29. The van der Waals surface area contributed by atoms with Crippen LogP contribution in [0.2, 0.25) is 0 Å². The van der Waals surface area contributed by atoms with Crippen LogP contribution in [0.15, 0.2) is 21.3 Å². The zero-order valence-corrected chi connectivity index (χ0v) is 13.4. The van der Waals surface area contributed by atoms with Crippen molar-refractivity contribution in [3.8, 4) is 0 Å². The summed E-state index contributed by atoms with van der Waals surface area (Å²) in [5.41, 5.74) is 0.407. The number of amides is 1. The lowest BCUT2D eigenvalue weighted by molar-refractivity contribution is -0.183. The number of nitrogens with zero attached hydrogens (tertiary/aromatic N) is 2. The molecule has 1 amide bonds. The summed E-state index contributed by atoms with van der Waals surface area (Å²) in [6, 6.07) is 3.12. The highest BCUT2D eigenvalue weighted by atomic mass is 79.9. The van der Waals surface area contributed by atoms with Crippen molar-refractivity contribution in [2.75, 3.05) is 13.1 Å². The monoisotopic (exact) mass is 414 g/mol. The summed E-state index contributed by atoms with van der Waals surface area (Å²) in [7, 11) is 0. The lowest BCUT2D eigenvalue weighted by Crippen LogP contribution is -2.42. The first kappa shape index (κ1) is 15.8. The molecule has 1 aromatic rings. The SMILES string of the molecule is O=C(c1cc(Br)nc(Br)c1)N1CCC(C(F)(F)F)CC1. The van der Waals surface area contributed by atoms with Gasteiger partial charge in [0.05, 0.1) is 5.92 Å². The number of piperidine rings is 1. The molecule has 0 radical (unpaired) electrons. The van der Waals surface area contributed by atoms with Crippen molar-refractivity contribution in [1.82, 2.24) is 9.88 Å². The van der Waals surface area contributed by atoms with Crippen LogP contribution in [0.25, 0.3) is 0 Å². The molecule has 1 aromatic heterocycles. The van der Waals surface area contributed by atoms with Gasteiger partial charge in [0.2, 0.25) is 0 Å². The van der Waals surface area contributed by atoms with E-state index in [1.54, 1.807) is 12.1 Å². The van der Waals surface area contributed by atoms with Crippen molar-refractivity contribution in [3.05, 3.63) is 26.9 Å². The number of hydrogen-bond acceptors (Lipinski definition) is 2. The first-order valence-corrected chi connectivity index (χ1v) is 7.55. The van der Waals surface area contributed by atoms with Crippen LogP contribution in [0.5, 0.6) is 0 Å². The summed E-state index contributed by atoms with van der Waals surface area (Å²) < 4.78 is 38.7. The van der Waals surface area contributed by atoms with Crippen molar-refractivity contribution in [1.29, 1.82) is 0 Å². The maximum atomic E-state index is 12.6. The standard InChI is InChI=1S/C12H11Br2F3N2O/c13-9-5-7(6-10(14)18-9)11(20)19-3-1-8(2-4-19)12(15,16)17/h5-6,8H,1-4H2. The van der Waals surface area contributed by atoms with E-state index in [-0.39, 0.29) is 31.8 Å². The Balaban J connectivity index is 2.05. The van der Waals surface area contributed by atoms with E-state index < -0.39 is 12.1 Å². The molecule has 3 nitrogen and oxygen atoms in total. The Labute approximate surface area is 130 Å². The largest absolute Gasteiger partial charge is 0.391 e. The molecule has 0 unspecified atom stereocenters. The summed E-state index contributed by atoms with van der Waals surface area (Å²) in [6.45, 7) is 0.251. The van der Waals surface area contributed by atoms with Crippen molar-refractivity contribution in [2.45, 2.75) is 19.0 Å². The van der Waals surface area contributed by atoms with Gasteiger partial charge in [-0.1, -0.05) is 0 Å². The maximum Gasteiger partial charge on any atom is 0.391 e. The van der Waals surface area contributed by atoms with Crippen molar-refractivity contribution in [2.24, 2.45) is 5.92 Å². The number of rotatable bonds is 1. The quantitative estimate of drug-likeness (QED) is 0.649. The molecule has 1 saturated heterocycles. The van der Waals surface area contributed by atoms with Gasteiger partial charge in [0, 0.05) is 18.7 Å². The van der Waals surface area contributed by atoms with Gasteiger partial charge in [-0.2, -0.15) is 13.2 Å². The summed E-state index contributed by atoms with van der Waals surface area (Å²) in [5, 5.41) is 0. The first-order chi connectivity index (χ1) is 9.27. The summed E-state index contributed by atoms with van der Waals surface area (Å²) in [5.74, 6) is -1.57. The van der Waals surface area contributed by atoms with Crippen LogP contribution in [0, 0.1) is 5.92 Å². The molecule has 1 fully saturated rings. The van der Waals surface area contributed by atoms with Crippen LogP contribution < -0.4 is 0 Å². The van der Waals surface area contributed by atoms with Gasteiger partial charge >= 0.3 is 6.18 Å². The number of pyridine rings is 1. The molecule has 1 aliphatic heterocycles. The smallest absolute Gasteiger partial charge is 0.339 e. The Morgan fingerprint density at radius 2 is 1.70 bits per heavy atom. The minimum atomic E-state index is -4.17. The highest BCUT2D eigenvalue weighted by molar-refractivity contribution is 9.11. The average molecular weight is 416 g/mol. The summed E-state index contributed by atoms with van der Waals surface area (Å²) in [4.78, 5) is 17.7. The van der Waals surface area contributed by atoms with Crippen molar-refractivity contribution >= 4 is 37.8 Å². The second-order valence-electron chi connectivity index (χ2n) is 4.61. The van der Waals surface area contributed by atoms with Gasteiger partial charge in [-0.3, -0.25) is 4.79 Å². The van der Waals surface area contributed by atoms with Crippen molar-refractivity contribution < 1.29 is 18.0 Å². The number of halogens is 5. The molecule has 0 atom stereocenters. The number of likely N-dealkylation sites (tertiary alicyclic amines) is 1. The van der Waals surface area contributed by atoms with Crippen LogP contribution in [-0.2, 0) is 0 Å². The fourth-order valence-electron chi connectivity index (χ4n) is 2.18. The topological polar surface area (TPSA) is 33.2 Å². The zero-order chi connectivity index (χ0) is 14.9. The average Bonchev–Trinajstić information content (AvgIpc) is 2.36. The molecule has 8 heteroatoms. The number of carbonyl (C=O) groups excluding carboxylic acids is 1. The fraction of sp³-hybridized carbons (Fsp3) is 0.500. The van der Waals surface area contributed by atoms with Gasteiger partial charge in [-0.15, -0.1) is 0 Å². The van der Waals surface area contributed by atoms with Crippen LogP contribution in [0.4, 0.5) is 13.2 Å². The third kappa shape index (κ3) is 3.72. The van der Waals surface area contributed by atoms with E-state index in [1.807, 2.05) is 0 Å². The molecule has 0 aromatic carbocycles. The zero-order valence-electron chi connectivity index (χ0n) is 10.3. The predicted octanol–water partition coefficient (Wildman–Crippen LogP) is 4.02. The second kappa shape index (κ2) is 6.01. The van der Waals surface area contributed by atoms with E-state index in [4.69, 9.17) is 0 Å². The molecule has 2 rings (SSSR count). The highest BCUT2D eigenvalue weighted by Crippen LogP contribution is 2.34. The minimum absolute atomic E-state index is 0.0390. The molecule has 0 aliphatic carbocycles. The van der Waals surface area contributed by atoms with Gasteiger partial charge in [0.25, 0.3) is 5.91 Å². The Bertz CT molecular complexity index is 494. The molecular weight excluding hydrogens is 405 g/mol. The van der Waals surface area contributed by atoms with E-state index in [2.05, 4.69) is 36.8 Å². The van der Waals surface area contributed by atoms with Gasteiger partial charge in [-0.05, 0) is 56.8 Å². The lowest BCUT2D eigenvalue weighted by atomic mass is 9.96.